The minimum absolute atomic E-state index is 0.0425. The number of thiocarbonyl (C=S) groups is 1. The molecule has 2 aromatic rings. The Balaban J connectivity index is 1.88. The predicted octanol–water partition coefficient (Wildman–Crippen LogP) is 3.11. The number of carbonyl (C=O) groups excluding carboxylic acids is 2. The van der Waals surface area contributed by atoms with Crippen LogP contribution in [0.15, 0.2) is 53.4 Å². The summed E-state index contributed by atoms with van der Waals surface area (Å²) in [4.78, 5) is 25.3. The van der Waals surface area contributed by atoms with Gasteiger partial charge in [-0.1, -0.05) is 59.8 Å². The highest BCUT2D eigenvalue weighted by Gasteiger charge is 2.33. The number of benzene rings is 2. The van der Waals surface area contributed by atoms with E-state index in [4.69, 9.17) is 23.8 Å². The number of amides is 1. The van der Waals surface area contributed by atoms with Crippen LogP contribution in [0.2, 0.25) is 5.02 Å². The number of carboxylic acids is 1. The average Bonchev–Trinajstić information content (AvgIpc) is 2.83. The molecule has 0 radical (unpaired) electrons. The van der Waals surface area contributed by atoms with E-state index < -0.39 is 5.97 Å². The fraction of sp³-hybridized carbons (Fsp3) is 0. The number of carboxylic acid groups (broad SMARTS) is 1. The molecule has 0 saturated carbocycles. The molecule has 4 nitrogen and oxygen atoms in total. The molecule has 120 valence electrons. The van der Waals surface area contributed by atoms with Gasteiger partial charge in [-0.25, -0.2) is 0 Å². The van der Waals surface area contributed by atoms with Crippen LogP contribution in [-0.2, 0) is 4.79 Å². The Morgan fingerprint density at radius 3 is 2.33 bits per heavy atom. The first-order chi connectivity index (χ1) is 11.5. The van der Waals surface area contributed by atoms with Crippen molar-refractivity contribution in [3.05, 3.63) is 69.6 Å². The first-order valence-electron chi connectivity index (χ1n) is 6.80. The number of hydrogen-bond acceptors (Lipinski definition) is 5. The second kappa shape index (κ2) is 6.76. The van der Waals surface area contributed by atoms with Gasteiger partial charge in [0.05, 0.1) is 16.6 Å². The fourth-order valence-electron chi connectivity index (χ4n) is 2.15. The Bertz CT molecular complexity index is 860. The van der Waals surface area contributed by atoms with Crippen LogP contribution in [0.4, 0.5) is 5.69 Å². The van der Waals surface area contributed by atoms with Gasteiger partial charge in [0, 0.05) is 5.02 Å². The Morgan fingerprint density at radius 2 is 1.75 bits per heavy atom. The van der Waals surface area contributed by atoms with Crippen molar-refractivity contribution in [2.24, 2.45) is 0 Å². The Labute approximate surface area is 152 Å². The first kappa shape index (κ1) is 16.7. The highest BCUT2D eigenvalue weighted by molar-refractivity contribution is 8.27. The lowest BCUT2D eigenvalue weighted by Gasteiger charge is -2.15. The second-order valence-electron chi connectivity index (χ2n) is 4.90. The van der Waals surface area contributed by atoms with Crippen LogP contribution in [0, 0.1) is 0 Å². The number of anilines is 1. The largest absolute Gasteiger partial charge is 0.545 e. The van der Waals surface area contributed by atoms with Crippen molar-refractivity contribution < 1.29 is 14.7 Å². The zero-order valence-electron chi connectivity index (χ0n) is 12.1. The van der Waals surface area contributed by atoms with Crippen molar-refractivity contribution in [2.45, 2.75) is 0 Å². The van der Waals surface area contributed by atoms with E-state index in [9.17, 15) is 14.7 Å². The molecule has 3 rings (SSSR count). The van der Waals surface area contributed by atoms with Crippen LogP contribution in [0.1, 0.15) is 15.9 Å². The quantitative estimate of drug-likeness (QED) is 0.610. The SMILES string of the molecule is O=C([O-])c1ccc(N2C(=O)C(=Cc3ccc(Cl)cc3)SC2=S)cc1. The van der Waals surface area contributed by atoms with Gasteiger partial charge in [0.15, 0.2) is 4.32 Å². The molecule has 7 heteroatoms. The number of rotatable bonds is 3. The molecule has 1 aliphatic heterocycles. The van der Waals surface area contributed by atoms with E-state index in [1.807, 2.05) is 12.1 Å². The Kier molecular flexibility index (Phi) is 4.71. The van der Waals surface area contributed by atoms with Gasteiger partial charge < -0.3 is 9.90 Å². The minimum Gasteiger partial charge on any atom is -0.545 e. The summed E-state index contributed by atoms with van der Waals surface area (Å²) >= 11 is 12.3. The Hall–Kier alpha value is -2.15. The summed E-state index contributed by atoms with van der Waals surface area (Å²) in [5, 5.41) is 11.4. The van der Waals surface area contributed by atoms with Gasteiger partial charge in [-0.05, 0) is 41.5 Å². The molecule has 0 unspecified atom stereocenters. The van der Waals surface area contributed by atoms with Crippen LogP contribution in [0.25, 0.3) is 6.08 Å². The third kappa shape index (κ3) is 3.36. The van der Waals surface area contributed by atoms with Crippen LogP contribution in [0.5, 0.6) is 0 Å². The van der Waals surface area contributed by atoms with Gasteiger partial charge in [0.2, 0.25) is 0 Å². The molecule has 1 saturated heterocycles. The third-order valence-electron chi connectivity index (χ3n) is 3.32. The molecule has 0 bridgehead atoms. The monoisotopic (exact) mass is 374 g/mol. The lowest BCUT2D eigenvalue weighted by molar-refractivity contribution is -0.255. The smallest absolute Gasteiger partial charge is 0.270 e. The summed E-state index contributed by atoms with van der Waals surface area (Å²) in [6.45, 7) is 0. The summed E-state index contributed by atoms with van der Waals surface area (Å²) < 4.78 is 0.390. The molecule has 0 atom stereocenters. The number of halogens is 1. The molecule has 1 fully saturated rings. The maximum absolute atomic E-state index is 12.6. The third-order valence-corrected chi connectivity index (χ3v) is 4.88. The lowest BCUT2D eigenvalue weighted by Crippen LogP contribution is -2.28. The normalized spacial score (nSPS) is 16.0. The van der Waals surface area contributed by atoms with Crippen LogP contribution >= 0.6 is 35.6 Å². The van der Waals surface area contributed by atoms with E-state index in [0.717, 1.165) is 5.56 Å². The van der Waals surface area contributed by atoms with Crippen molar-refractivity contribution in [3.63, 3.8) is 0 Å². The molecular formula is C17H9ClNO3S2-. The van der Waals surface area contributed by atoms with Crippen molar-refractivity contribution in [1.82, 2.24) is 0 Å². The van der Waals surface area contributed by atoms with E-state index in [0.29, 0.717) is 19.9 Å². The van der Waals surface area contributed by atoms with E-state index in [-0.39, 0.29) is 11.5 Å². The summed E-state index contributed by atoms with van der Waals surface area (Å²) in [5.41, 5.74) is 1.40. The summed E-state index contributed by atoms with van der Waals surface area (Å²) in [5.74, 6) is -1.52. The van der Waals surface area contributed by atoms with E-state index in [2.05, 4.69) is 0 Å². The lowest BCUT2D eigenvalue weighted by atomic mass is 10.2. The van der Waals surface area contributed by atoms with Gasteiger partial charge in [-0.2, -0.15) is 0 Å². The van der Waals surface area contributed by atoms with Gasteiger partial charge in [-0.3, -0.25) is 9.69 Å². The summed E-state index contributed by atoms with van der Waals surface area (Å²) in [6.07, 6.45) is 1.74. The maximum atomic E-state index is 12.6. The zero-order valence-corrected chi connectivity index (χ0v) is 14.5. The molecule has 0 N–H and O–H groups in total. The van der Waals surface area contributed by atoms with Crippen LogP contribution in [-0.4, -0.2) is 16.2 Å². The number of hydrogen-bond donors (Lipinski definition) is 0. The van der Waals surface area contributed by atoms with E-state index >= 15 is 0 Å². The first-order valence-corrected chi connectivity index (χ1v) is 8.41. The van der Waals surface area contributed by atoms with Crippen molar-refractivity contribution in [1.29, 1.82) is 0 Å². The fourth-order valence-corrected chi connectivity index (χ4v) is 3.57. The average molecular weight is 375 g/mol. The number of carbonyl (C=O) groups is 2. The molecule has 24 heavy (non-hydrogen) atoms. The number of aromatic carboxylic acids is 1. The van der Waals surface area contributed by atoms with E-state index in [1.54, 1.807) is 18.2 Å². The molecule has 1 aliphatic rings. The zero-order chi connectivity index (χ0) is 17.3. The maximum Gasteiger partial charge on any atom is 0.270 e. The van der Waals surface area contributed by atoms with Crippen molar-refractivity contribution in [3.8, 4) is 0 Å². The molecule has 0 spiro atoms. The molecule has 2 aromatic carbocycles. The second-order valence-corrected chi connectivity index (χ2v) is 7.02. The van der Waals surface area contributed by atoms with Gasteiger partial charge in [0.25, 0.3) is 5.91 Å². The van der Waals surface area contributed by atoms with Gasteiger partial charge in [0.1, 0.15) is 0 Å². The topological polar surface area (TPSA) is 60.4 Å². The molecule has 1 heterocycles. The van der Waals surface area contributed by atoms with E-state index in [1.165, 1.54) is 40.9 Å². The molecule has 1 amide bonds. The summed E-state index contributed by atoms with van der Waals surface area (Å²) in [6, 6.07) is 12.9. The molecule has 0 aromatic heterocycles. The molecule has 0 aliphatic carbocycles. The van der Waals surface area contributed by atoms with Crippen LogP contribution < -0.4 is 10.0 Å². The minimum atomic E-state index is -1.27. The molecular weight excluding hydrogens is 366 g/mol. The van der Waals surface area contributed by atoms with Crippen molar-refractivity contribution in [2.75, 3.05) is 4.90 Å². The predicted molar refractivity (Wildman–Crippen MR) is 97.9 cm³/mol. The van der Waals surface area contributed by atoms with Crippen molar-refractivity contribution >= 4 is 63.5 Å². The standard InChI is InChI=1S/C17H10ClNO3S2/c18-12-5-1-10(2-6-12)9-14-15(20)19(17(23)24-14)13-7-3-11(4-8-13)16(21)22/h1-9H,(H,21,22)/p-1. The number of thioether (sulfide) groups is 1. The number of nitrogens with zero attached hydrogens (tertiary/aromatic N) is 1. The van der Waals surface area contributed by atoms with Crippen LogP contribution in [0.3, 0.4) is 0 Å². The summed E-state index contributed by atoms with van der Waals surface area (Å²) in [7, 11) is 0. The highest BCUT2D eigenvalue weighted by atomic mass is 35.5. The van der Waals surface area contributed by atoms with Gasteiger partial charge in [-0.15, -0.1) is 0 Å². The van der Waals surface area contributed by atoms with Gasteiger partial charge >= 0.3 is 0 Å². The Morgan fingerprint density at radius 1 is 1.12 bits per heavy atom. The highest BCUT2D eigenvalue weighted by Crippen LogP contribution is 2.36.